The fraction of sp³-hybridized carbons (Fsp3) is 0.208. The molecule has 0 aliphatic carbocycles. The molecule has 0 aromatic heterocycles. The Morgan fingerprint density at radius 3 is 2.43 bits per heavy atom. The van der Waals surface area contributed by atoms with Crippen LogP contribution >= 0.6 is 0 Å². The summed E-state index contributed by atoms with van der Waals surface area (Å²) in [4.78, 5) is 0.217. The molecule has 3 aromatic carbocycles. The molecular formula is C24H23N3O2S. The predicted molar refractivity (Wildman–Crippen MR) is 119 cm³/mol. The van der Waals surface area contributed by atoms with E-state index in [0.29, 0.717) is 11.3 Å². The van der Waals surface area contributed by atoms with Crippen LogP contribution in [0.15, 0.2) is 77.7 Å². The lowest BCUT2D eigenvalue weighted by Gasteiger charge is -2.39. The zero-order chi connectivity index (χ0) is 21.4. The number of nitrogens with one attached hydrogen (secondary N) is 2. The summed E-state index contributed by atoms with van der Waals surface area (Å²) >= 11 is 0. The van der Waals surface area contributed by atoms with E-state index in [9.17, 15) is 13.7 Å². The van der Waals surface area contributed by atoms with Crippen LogP contribution in [0.2, 0.25) is 0 Å². The molecule has 1 aliphatic rings. The number of rotatable bonds is 4. The third kappa shape index (κ3) is 3.64. The minimum Gasteiger partial charge on any atom is -0.377 e. The molecule has 0 spiro atoms. The zero-order valence-electron chi connectivity index (χ0n) is 16.9. The van der Waals surface area contributed by atoms with Crippen molar-refractivity contribution in [2.24, 2.45) is 0 Å². The summed E-state index contributed by atoms with van der Waals surface area (Å²) in [5.41, 5.74) is 3.72. The van der Waals surface area contributed by atoms with Crippen LogP contribution in [0.3, 0.4) is 0 Å². The molecule has 152 valence electrons. The predicted octanol–water partition coefficient (Wildman–Crippen LogP) is 5.19. The lowest BCUT2D eigenvalue weighted by Crippen LogP contribution is -2.32. The molecule has 1 unspecified atom stereocenters. The quantitative estimate of drug-likeness (QED) is 0.612. The molecule has 1 atom stereocenters. The maximum Gasteiger partial charge on any atom is 0.261 e. The highest BCUT2D eigenvalue weighted by atomic mass is 32.2. The van der Waals surface area contributed by atoms with Gasteiger partial charge in [0.25, 0.3) is 10.0 Å². The van der Waals surface area contributed by atoms with Gasteiger partial charge in [-0.3, -0.25) is 4.72 Å². The number of anilines is 2. The van der Waals surface area contributed by atoms with Gasteiger partial charge in [-0.1, -0.05) is 62.4 Å². The van der Waals surface area contributed by atoms with Crippen LogP contribution < -0.4 is 10.0 Å². The second kappa shape index (κ2) is 7.51. The first-order chi connectivity index (χ1) is 14.3. The van der Waals surface area contributed by atoms with Gasteiger partial charge in [-0.05, 0) is 47.2 Å². The van der Waals surface area contributed by atoms with E-state index >= 15 is 0 Å². The molecule has 5 nitrogen and oxygen atoms in total. The molecule has 30 heavy (non-hydrogen) atoms. The molecular weight excluding hydrogens is 394 g/mol. The van der Waals surface area contributed by atoms with Gasteiger partial charge < -0.3 is 5.32 Å². The molecule has 0 fully saturated rings. The fourth-order valence-electron chi connectivity index (χ4n) is 4.10. The molecule has 0 saturated heterocycles. The number of hydrogen-bond donors (Lipinski definition) is 2. The smallest absolute Gasteiger partial charge is 0.261 e. The van der Waals surface area contributed by atoms with E-state index in [1.807, 2.05) is 30.3 Å². The van der Waals surface area contributed by atoms with E-state index in [0.717, 1.165) is 23.2 Å². The number of nitrogens with zero attached hydrogens (tertiary/aromatic N) is 1. The molecule has 0 amide bonds. The fourth-order valence-corrected chi connectivity index (χ4v) is 5.20. The summed E-state index contributed by atoms with van der Waals surface area (Å²) in [6.07, 6.45) is 0.763. The van der Waals surface area contributed by atoms with Crippen LogP contribution in [0.1, 0.15) is 43.0 Å². The van der Waals surface area contributed by atoms with E-state index in [1.54, 1.807) is 42.5 Å². The maximum absolute atomic E-state index is 12.9. The lowest BCUT2D eigenvalue weighted by molar-refractivity contribution is 0.427. The van der Waals surface area contributed by atoms with Crippen LogP contribution in [0, 0.1) is 11.3 Å². The van der Waals surface area contributed by atoms with Crippen molar-refractivity contribution in [1.29, 1.82) is 5.26 Å². The average Bonchev–Trinajstić information content (AvgIpc) is 2.73. The van der Waals surface area contributed by atoms with Crippen molar-refractivity contribution >= 4 is 21.4 Å². The van der Waals surface area contributed by atoms with Crippen molar-refractivity contribution in [2.75, 3.05) is 10.0 Å². The highest BCUT2D eigenvalue weighted by Gasteiger charge is 2.35. The van der Waals surface area contributed by atoms with Gasteiger partial charge in [0.05, 0.1) is 27.9 Å². The molecule has 4 rings (SSSR count). The summed E-state index contributed by atoms with van der Waals surface area (Å²) in [7, 11) is -3.71. The van der Waals surface area contributed by atoms with Crippen molar-refractivity contribution in [3.05, 3.63) is 89.5 Å². The summed E-state index contributed by atoms with van der Waals surface area (Å²) in [6, 6.07) is 23.6. The number of benzene rings is 3. The summed E-state index contributed by atoms with van der Waals surface area (Å²) < 4.78 is 28.5. The van der Waals surface area contributed by atoms with Crippen LogP contribution in [0.4, 0.5) is 11.4 Å². The summed E-state index contributed by atoms with van der Waals surface area (Å²) in [5.74, 6) is 0. The average molecular weight is 418 g/mol. The van der Waals surface area contributed by atoms with E-state index in [2.05, 4.69) is 30.0 Å². The van der Waals surface area contributed by atoms with Crippen LogP contribution in [-0.4, -0.2) is 8.42 Å². The Bertz CT molecular complexity index is 1230. The Morgan fingerprint density at radius 2 is 1.70 bits per heavy atom. The molecule has 0 radical (unpaired) electrons. The van der Waals surface area contributed by atoms with E-state index in [4.69, 9.17) is 0 Å². The number of sulfonamides is 1. The number of nitriles is 1. The number of fused-ring (bicyclic) bond motifs is 1. The first kappa shape index (κ1) is 20.0. The standard InChI is InChI=1S/C24H23N3O2S/c1-24(2)15-22(26-23-17(16-25)9-8-13-20(23)24)19-12-6-7-14-21(19)27-30(28,29)18-10-4-3-5-11-18/h3-14,22,26-27H,15H2,1-2H3. The van der Waals surface area contributed by atoms with Gasteiger partial charge in [0.15, 0.2) is 0 Å². The molecule has 1 aliphatic heterocycles. The van der Waals surface area contributed by atoms with Crippen LogP contribution in [0.5, 0.6) is 0 Å². The molecule has 2 N–H and O–H groups in total. The third-order valence-electron chi connectivity index (χ3n) is 5.58. The third-order valence-corrected chi connectivity index (χ3v) is 6.96. The Hall–Kier alpha value is -3.30. The second-order valence-corrected chi connectivity index (χ2v) is 9.81. The molecule has 6 heteroatoms. The Balaban J connectivity index is 1.74. The second-order valence-electron chi connectivity index (χ2n) is 8.13. The maximum atomic E-state index is 12.9. The SMILES string of the molecule is CC1(C)CC(c2ccccc2NS(=O)(=O)c2ccccc2)Nc2c(C#N)cccc21. The van der Waals surface area contributed by atoms with Crippen LogP contribution in [-0.2, 0) is 15.4 Å². The van der Waals surface area contributed by atoms with Crippen molar-refractivity contribution < 1.29 is 8.42 Å². The van der Waals surface area contributed by atoms with E-state index in [1.165, 1.54) is 0 Å². The Morgan fingerprint density at radius 1 is 1.00 bits per heavy atom. The van der Waals surface area contributed by atoms with Gasteiger partial charge in [0.2, 0.25) is 0 Å². The first-order valence-corrected chi connectivity index (χ1v) is 11.3. The summed E-state index contributed by atoms with van der Waals surface area (Å²) in [5, 5.41) is 13.1. The monoisotopic (exact) mass is 417 g/mol. The van der Waals surface area contributed by atoms with Crippen molar-refractivity contribution in [3.63, 3.8) is 0 Å². The number of para-hydroxylation sites is 2. The molecule has 0 saturated carbocycles. The van der Waals surface area contributed by atoms with Gasteiger partial charge in [0.1, 0.15) is 6.07 Å². The molecule has 1 heterocycles. The topological polar surface area (TPSA) is 82.0 Å². The highest BCUT2D eigenvalue weighted by Crippen LogP contribution is 2.46. The molecule has 3 aromatic rings. The van der Waals surface area contributed by atoms with Crippen molar-refractivity contribution in [3.8, 4) is 6.07 Å². The largest absolute Gasteiger partial charge is 0.377 e. The lowest BCUT2D eigenvalue weighted by atomic mass is 9.73. The Kier molecular flexibility index (Phi) is 5.00. The molecule has 0 bridgehead atoms. The van der Waals surface area contributed by atoms with Gasteiger partial charge in [-0.15, -0.1) is 0 Å². The van der Waals surface area contributed by atoms with Gasteiger partial charge in [-0.25, -0.2) is 8.42 Å². The van der Waals surface area contributed by atoms with Gasteiger partial charge in [0, 0.05) is 0 Å². The summed E-state index contributed by atoms with van der Waals surface area (Å²) in [6.45, 7) is 4.30. The minimum atomic E-state index is -3.71. The van der Waals surface area contributed by atoms with Crippen molar-refractivity contribution in [2.45, 2.75) is 36.6 Å². The normalized spacial score (nSPS) is 17.3. The highest BCUT2D eigenvalue weighted by molar-refractivity contribution is 7.92. The minimum absolute atomic E-state index is 0.142. The van der Waals surface area contributed by atoms with Crippen molar-refractivity contribution in [1.82, 2.24) is 0 Å². The van der Waals surface area contributed by atoms with Gasteiger partial charge in [-0.2, -0.15) is 5.26 Å². The van der Waals surface area contributed by atoms with Crippen LogP contribution in [0.25, 0.3) is 0 Å². The van der Waals surface area contributed by atoms with E-state index in [-0.39, 0.29) is 16.4 Å². The zero-order valence-corrected chi connectivity index (χ0v) is 17.7. The first-order valence-electron chi connectivity index (χ1n) is 9.79. The Labute approximate surface area is 177 Å². The van der Waals surface area contributed by atoms with Gasteiger partial charge >= 0.3 is 0 Å². The van der Waals surface area contributed by atoms with E-state index < -0.39 is 10.0 Å². The number of hydrogen-bond acceptors (Lipinski definition) is 4.